The molecule has 3 aromatic rings. The van der Waals surface area contributed by atoms with Crippen LogP contribution >= 0.6 is 11.3 Å². The molecular weight excluding hydrogens is 430 g/mol. The fourth-order valence-electron chi connectivity index (χ4n) is 3.09. The van der Waals surface area contributed by atoms with Crippen molar-refractivity contribution in [1.82, 2.24) is 9.97 Å². The first-order valence-electron chi connectivity index (χ1n) is 9.74. The van der Waals surface area contributed by atoms with Gasteiger partial charge in [0, 0.05) is 18.5 Å². The maximum absolute atomic E-state index is 12.5. The van der Waals surface area contributed by atoms with Gasteiger partial charge in [0.25, 0.3) is 5.91 Å². The maximum atomic E-state index is 12.5. The first kappa shape index (κ1) is 21.3. The molecule has 2 aromatic heterocycles. The van der Waals surface area contributed by atoms with E-state index in [1.165, 1.54) is 35.6 Å². The van der Waals surface area contributed by atoms with Crippen molar-refractivity contribution in [1.29, 1.82) is 5.26 Å². The van der Waals surface area contributed by atoms with Crippen molar-refractivity contribution in [2.24, 2.45) is 0 Å². The number of morpholine rings is 1. The molecule has 1 aromatic carbocycles. The SMILES string of the molecule is N#C/C(=C\c1ccc(O)c(O)c1)C(=O)Nc1nc(-c2cccc(N3CCOCC3)n2)cs1. The molecule has 3 heterocycles. The lowest BCUT2D eigenvalue weighted by atomic mass is 10.1. The summed E-state index contributed by atoms with van der Waals surface area (Å²) in [6.45, 7) is 2.88. The van der Waals surface area contributed by atoms with Gasteiger partial charge in [0.15, 0.2) is 16.6 Å². The minimum absolute atomic E-state index is 0.167. The van der Waals surface area contributed by atoms with Crippen LogP contribution < -0.4 is 10.2 Å². The predicted molar refractivity (Wildman–Crippen MR) is 120 cm³/mol. The first-order chi connectivity index (χ1) is 15.5. The second-order valence-electron chi connectivity index (χ2n) is 6.89. The van der Waals surface area contributed by atoms with E-state index in [1.807, 2.05) is 24.3 Å². The minimum atomic E-state index is -0.629. The molecule has 3 N–H and O–H groups in total. The Morgan fingerprint density at radius 1 is 1.16 bits per heavy atom. The maximum Gasteiger partial charge on any atom is 0.268 e. The topological polar surface area (TPSA) is 132 Å². The van der Waals surface area contributed by atoms with Crippen molar-refractivity contribution in [3.05, 3.63) is 52.9 Å². The van der Waals surface area contributed by atoms with Crippen molar-refractivity contribution in [2.75, 3.05) is 36.5 Å². The van der Waals surface area contributed by atoms with E-state index in [4.69, 9.17) is 4.74 Å². The standard InChI is InChI=1S/C22H19N5O4S/c23-12-15(10-14-4-5-18(28)19(29)11-14)21(30)26-22-25-17(13-32-22)16-2-1-3-20(24-16)27-6-8-31-9-7-27/h1-5,10-11,13,28-29H,6-9H2,(H,25,26,30)/b15-10+. The number of amides is 1. The number of carbonyl (C=O) groups is 1. The number of ether oxygens (including phenoxy) is 1. The molecule has 9 nitrogen and oxygen atoms in total. The van der Waals surface area contributed by atoms with E-state index in [1.54, 1.807) is 5.38 Å². The van der Waals surface area contributed by atoms with Gasteiger partial charge in [-0.25, -0.2) is 9.97 Å². The first-order valence-corrected chi connectivity index (χ1v) is 10.6. The van der Waals surface area contributed by atoms with Gasteiger partial charge < -0.3 is 19.8 Å². The number of hydrogen-bond donors (Lipinski definition) is 3. The summed E-state index contributed by atoms with van der Waals surface area (Å²) in [6.07, 6.45) is 1.32. The van der Waals surface area contributed by atoms with Crippen LogP contribution in [0.4, 0.5) is 10.9 Å². The lowest BCUT2D eigenvalue weighted by molar-refractivity contribution is -0.112. The number of nitrogens with zero attached hydrogens (tertiary/aromatic N) is 4. The lowest BCUT2D eigenvalue weighted by Crippen LogP contribution is -2.36. The summed E-state index contributed by atoms with van der Waals surface area (Å²) in [7, 11) is 0. The second kappa shape index (κ2) is 9.47. The van der Waals surface area contributed by atoms with E-state index in [-0.39, 0.29) is 17.1 Å². The number of anilines is 2. The third-order valence-electron chi connectivity index (χ3n) is 4.73. The summed E-state index contributed by atoms with van der Waals surface area (Å²) in [6, 6.07) is 11.6. The van der Waals surface area contributed by atoms with E-state index in [0.29, 0.717) is 35.3 Å². The Bertz CT molecular complexity index is 1210. The average molecular weight is 449 g/mol. The van der Waals surface area contributed by atoms with Crippen LogP contribution in [0.15, 0.2) is 47.4 Å². The van der Waals surface area contributed by atoms with E-state index < -0.39 is 5.91 Å². The van der Waals surface area contributed by atoms with E-state index in [0.717, 1.165) is 18.9 Å². The minimum Gasteiger partial charge on any atom is -0.504 e. The molecule has 32 heavy (non-hydrogen) atoms. The number of benzene rings is 1. The van der Waals surface area contributed by atoms with Gasteiger partial charge in [0.2, 0.25) is 0 Å². The van der Waals surface area contributed by atoms with Crippen LogP contribution in [-0.2, 0) is 9.53 Å². The average Bonchev–Trinajstić information content (AvgIpc) is 3.29. The zero-order valence-electron chi connectivity index (χ0n) is 16.9. The van der Waals surface area contributed by atoms with Crippen molar-refractivity contribution in [3.8, 4) is 29.0 Å². The Morgan fingerprint density at radius 3 is 2.72 bits per heavy atom. The van der Waals surface area contributed by atoms with Gasteiger partial charge in [0.05, 0.1) is 18.9 Å². The normalized spacial score (nSPS) is 14.1. The Labute approximate surface area is 187 Å². The molecule has 1 aliphatic rings. The number of phenols is 2. The summed E-state index contributed by atoms with van der Waals surface area (Å²) >= 11 is 1.23. The van der Waals surface area contributed by atoms with Gasteiger partial charge in [-0.05, 0) is 35.9 Å². The van der Waals surface area contributed by atoms with Crippen LogP contribution in [0.2, 0.25) is 0 Å². The molecule has 0 radical (unpaired) electrons. The highest BCUT2D eigenvalue weighted by atomic mass is 32.1. The monoisotopic (exact) mass is 449 g/mol. The molecule has 4 rings (SSSR count). The number of phenolic OH excluding ortho intramolecular Hbond substituents is 2. The van der Waals surface area contributed by atoms with Crippen LogP contribution in [0.25, 0.3) is 17.5 Å². The molecule has 1 saturated heterocycles. The van der Waals surface area contributed by atoms with Gasteiger partial charge in [-0.1, -0.05) is 12.1 Å². The van der Waals surface area contributed by atoms with Crippen LogP contribution in [0.3, 0.4) is 0 Å². The number of hydrogen-bond acceptors (Lipinski definition) is 9. The molecule has 0 unspecified atom stereocenters. The van der Waals surface area contributed by atoms with E-state index in [9.17, 15) is 20.3 Å². The van der Waals surface area contributed by atoms with Crippen molar-refractivity contribution in [3.63, 3.8) is 0 Å². The van der Waals surface area contributed by atoms with Gasteiger partial charge >= 0.3 is 0 Å². The highest BCUT2D eigenvalue weighted by molar-refractivity contribution is 7.14. The number of aromatic hydroxyl groups is 2. The van der Waals surface area contributed by atoms with Crippen LogP contribution in [-0.4, -0.2) is 52.4 Å². The Balaban J connectivity index is 1.49. The third-order valence-corrected chi connectivity index (χ3v) is 5.49. The lowest BCUT2D eigenvalue weighted by Gasteiger charge is -2.27. The molecule has 1 amide bonds. The molecule has 10 heteroatoms. The molecule has 0 atom stereocenters. The molecule has 1 aliphatic heterocycles. The van der Waals surface area contributed by atoms with Crippen molar-refractivity contribution < 1.29 is 19.7 Å². The zero-order chi connectivity index (χ0) is 22.5. The van der Waals surface area contributed by atoms with Gasteiger partial charge in [-0.15, -0.1) is 11.3 Å². The van der Waals surface area contributed by atoms with Crippen LogP contribution in [0.5, 0.6) is 11.5 Å². The molecular formula is C22H19N5O4S. The summed E-state index contributed by atoms with van der Waals surface area (Å²) in [5.74, 6) is -0.410. The fraction of sp³-hybridized carbons (Fsp3) is 0.182. The van der Waals surface area contributed by atoms with E-state index >= 15 is 0 Å². The third kappa shape index (κ3) is 4.85. The zero-order valence-corrected chi connectivity index (χ0v) is 17.7. The molecule has 0 saturated carbocycles. The predicted octanol–water partition coefficient (Wildman–Crippen LogP) is 3.00. The number of nitrogens with one attached hydrogen (secondary N) is 1. The summed E-state index contributed by atoms with van der Waals surface area (Å²) < 4.78 is 5.38. The summed E-state index contributed by atoms with van der Waals surface area (Å²) in [5.41, 5.74) is 1.53. The largest absolute Gasteiger partial charge is 0.504 e. The molecule has 1 fully saturated rings. The summed E-state index contributed by atoms with van der Waals surface area (Å²) in [5, 5.41) is 33.1. The van der Waals surface area contributed by atoms with Gasteiger partial charge in [-0.2, -0.15) is 5.26 Å². The van der Waals surface area contributed by atoms with Crippen molar-refractivity contribution in [2.45, 2.75) is 0 Å². The Morgan fingerprint density at radius 2 is 1.97 bits per heavy atom. The van der Waals surface area contributed by atoms with Gasteiger partial charge in [-0.3, -0.25) is 10.1 Å². The number of nitriles is 1. The number of aromatic nitrogens is 2. The van der Waals surface area contributed by atoms with Gasteiger partial charge in [0.1, 0.15) is 23.2 Å². The number of thiazole rings is 1. The smallest absolute Gasteiger partial charge is 0.268 e. The molecule has 162 valence electrons. The van der Waals surface area contributed by atoms with Crippen LogP contribution in [0.1, 0.15) is 5.56 Å². The highest BCUT2D eigenvalue weighted by Gasteiger charge is 2.16. The highest BCUT2D eigenvalue weighted by Crippen LogP contribution is 2.27. The van der Waals surface area contributed by atoms with E-state index in [2.05, 4.69) is 20.2 Å². The fourth-order valence-corrected chi connectivity index (χ4v) is 3.79. The second-order valence-corrected chi connectivity index (χ2v) is 7.75. The number of rotatable bonds is 5. The van der Waals surface area contributed by atoms with Crippen molar-refractivity contribution >= 4 is 34.3 Å². The van der Waals surface area contributed by atoms with Crippen LogP contribution in [0, 0.1) is 11.3 Å². The summed E-state index contributed by atoms with van der Waals surface area (Å²) in [4.78, 5) is 23.8. The number of carbonyl (C=O) groups excluding carboxylic acids is 1. The molecule has 0 spiro atoms. The Hall–Kier alpha value is -3.94. The molecule has 0 aliphatic carbocycles. The molecule has 0 bridgehead atoms. The Kier molecular flexibility index (Phi) is 6.30. The number of pyridine rings is 1. The quantitative estimate of drug-likeness (QED) is 0.308.